The number of fused-ring (bicyclic) bond motifs is 1. The molecule has 1 aromatic heterocycles. The van der Waals surface area contributed by atoms with E-state index >= 15 is 0 Å². The van der Waals surface area contributed by atoms with Crippen LogP contribution in [-0.4, -0.2) is 43.3 Å². The van der Waals surface area contributed by atoms with Crippen LogP contribution in [0, 0.1) is 0 Å². The van der Waals surface area contributed by atoms with Gasteiger partial charge in [-0.25, -0.2) is 0 Å². The number of hydrogen-bond acceptors (Lipinski definition) is 5. The molecule has 6 heteroatoms. The summed E-state index contributed by atoms with van der Waals surface area (Å²) in [6, 6.07) is 6.04. The number of hydrogen-bond donors (Lipinski definition) is 1. The zero-order chi connectivity index (χ0) is 16.8. The van der Waals surface area contributed by atoms with Gasteiger partial charge in [0.2, 0.25) is 0 Å². The second-order valence-corrected chi connectivity index (χ2v) is 5.91. The average Bonchev–Trinajstić information content (AvgIpc) is 2.81. The Kier molecular flexibility index (Phi) is 5.72. The van der Waals surface area contributed by atoms with E-state index in [0.29, 0.717) is 13.2 Å². The summed E-state index contributed by atoms with van der Waals surface area (Å²) in [7, 11) is 3.67. The summed E-state index contributed by atoms with van der Waals surface area (Å²) in [6.45, 7) is 3.86. The third kappa shape index (κ3) is 4.07. The van der Waals surface area contributed by atoms with Crippen molar-refractivity contribution in [2.24, 2.45) is 7.05 Å². The van der Waals surface area contributed by atoms with Gasteiger partial charge >= 0.3 is 0 Å². The van der Waals surface area contributed by atoms with Gasteiger partial charge in [0, 0.05) is 51.1 Å². The van der Waals surface area contributed by atoms with Crippen LogP contribution >= 0.6 is 0 Å². The first-order valence-corrected chi connectivity index (χ1v) is 8.40. The molecule has 1 aromatic carbocycles. The van der Waals surface area contributed by atoms with Gasteiger partial charge in [-0.05, 0) is 31.2 Å². The molecular weight excluding hydrogens is 306 g/mol. The minimum Gasteiger partial charge on any atom is -0.490 e. The predicted octanol–water partition coefficient (Wildman–Crippen LogP) is 2.37. The monoisotopic (exact) mass is 331 g/mol. The molecule has 3 rings (SSSR count). The summed E-state index contributed by atoms with van der Waals surface area (Å²) >= 11 is 0. The van der Waals surface area contributed by atoms with Crippen molar-refractivity contribution in [1.82, 2.24) is 15.1 Å². The Bertz CT molecular complexity index is 670. The Balaban J connectivity index is 1.75. The van der Waals surface area contributed by atoms with Gasteiger partial charge in [-0.3, -0.25) is 4.68 Å². The maximum Gasteiger partial charge on any atom is 0.161 e. The van der Waals surface area contributed by atoms with Crippen molar-refractivity contribution in [2.75, 3.05) is 33.5 Å². The molecule has 2 heterocycles. The van der Waals surface area contributed by atoms with E-state index in [0.717, 1.165) is 55.3 Å². The van der Waals surface area contributed by atoms with Crippen LogP contribution < -0.4 is 14.8 Å². The number of nitrogens with one attached hydrogen (secondary N) is 1. The lowest BCUT2D eigenvalue weighted by atomic mass is 10.1. The molecule has 0 atom stereocenters. The summed E-state index contributed by atoms with van der Waals surface area (Å²) in [5.74, 6) is 1.61. The van der Waals surface area contributed by atoms with E-state index in [1.165, 1.54) is 5.56 Å². The highest BCUT2D eigenvalue weighted by molar-refractivity contribution is 5.66. The van der Waals surface area contributed by atoms with E-state index in [1.54, 1.807) is 7.11 Å². The molecule has 6 nitrogen and oxygen atoms in total. The van der Waals surface area contributed by atoms with Crippen LogP contribution in [0.3, 0.4) is 0 Å². The molecule has 0 amide bonds. The van der Waals surface area contributed by atoms with E-state index < -0.39 is 0 Å². The smallest absolute Gasteiger partial charge is 0.161 e. The lowest BCUT2D eigenvalue weighted by Crippen LogP contribution is -2.16. The minimum atomic E-state index is 0.687. The fourth-order valence-electron chi connectivity index (χ4n) is 2.79. The summed E-state index contributed by atoms with van der Waals surface area (Å²) < 4.78 is 18.4. The number of benzene rings is 1. The third-order valence-corrected chi connectivity index (χ3v) is 3.94. The van der Waals surface area contributed by atoms with Gasteiger partial charge in [0.25, 0.3) is 0 Å². The molecule has 0 spiro atoms. The number of rotatable bonds is 7. The first kappa shape index (κ1) is 16.8. The summed E-state index contributed by atoms with van der Waals surface area (Å²) in [5, 5.41) is 8.07. The van der Waals surface area contributed by atoms with Crippen molar-refractivity contribution in [2.45, 2.75) is 19.4 Å². The topological polar surface area (TPSA) is 57.5 Å². The van der Waals surface area contributed by atoms with Crippen LogP contribution in [0.25, 0.3) is 11.3 Å². The Labute approximate surface area is 142 Å². The van der Waals surface area contributed by atoms with Gasteiger partial charge in [0.05, 0.1) is 18.9 Å². The van der Waals surface area contributed by atoms with Crippen LogP contribution in [0.1, 0.15) is 18.4 Å². The average molecular weight is 331 g/mol. The highest BCUT2D eigenvalue weighted by Crippen LogP contribution is 2.34. The SMILES string of the molecule is COCCCNCc1cn(C)nc1-c1ccc2c(c1)OCCCO2. The minimum absolute atomic E-state index is 0.687. The normalized spacial score (nSPS) is 13.8. The van der Waals surface area contributed by atoms with Gasteiger partial charge in [-0.15, -0.1) is 0 Å². The first-order chi connectivity index (χ1) is 11.8. The second kappa shape index (κ2) is 8.17. The summed E-state index contributed by atoms with van der Waals surface area (Å²) in [5.41, 5.74) is 3.20. The van der Waals surface area contributed by atoms with Crippen LogP contribution in [0.5, 0.6) is 11.5 Å². The highest BCUT2D eigenvalue weighted by Gasteiger charge is 2.15. The predicted molar refractivity (Wildman–Crippen MR) is 92.5 cm³/mol. The second-order valence-electron chi connectivity index (χ2n) is 5.91. The van der Waals surface area contributed by atoms with Gasteiger partial charge in [0.15, 0.2) is 11.5 Å². The van der Waals surface area contributed by atoms with Gasteiger partial charge < -0.3 is 19.5 Å². The molecule has 0 fully saturated rings. The molecule has 0 unspecified atom stereocenters. The summed E-state index contributed by atoms with van der Waals surface area (Å²) in [6.07, 6.45) is 3.96. The van der Waals surface area contributed by atoms with E-state index in [9.17, 15) is 0 Å². The number of methoxy groups -OCH3 is 1. The van der Waals surface area contributed by atoms with Crippen molar-refractivity contribution in [3.05, 3.63) is 30.0 Å². The van der Waals surface area contributed by atoms with Crippen LogP contribution in [0.15, 0.2) is 24.4 Å². The molecule has 0 saturated carbocycles. The van der Waals surface area contributed by atoms with Crippen molar-refractivity contribution in [3.8, 4) is 22.8 Å². The number of aromatic nitrogens is 2. The van der Waals surface area contributed by atoms with Crippen LogP contribution in [0.2, 0.25) is 0 Å². The third-order valence-electron chi connectivity index (χ3n) is 3.94. The Morgan fingerprint density at radius 2 is 2.08 bits per heavy atom. The Hall–Kier alpha value is -2.05. The quantitative estimate of drug-likeness (QED) is 0.790. The molecular formula is C18H25N3O3. The molecule has 130 valence electrons. The van der Waals surface area contributed by atoms with Crippen LogP contribution in [-0.2, 0) is 18.3 Å². The molecule has 1 aliphatic rings. The summed E-state index contributed by atoms with van der Waals surface area (Å²) in [4.78, 5) is 0. The maximum absolute atomic E-state index is 5.79. The molecule has 2 aromatic rings. The van der Waals surface area contributed by atoms with Gasteiger partial charge in [0.1, 0.15) is 0 Å². The molecule has 24 heavy (non-hydrogen) atoms. The van der Waals surface area contributed by atoms with Crippen molar-refractivity contribution >= 4 is 0 Å². The Morgan fingerprint density at radius 3 is 2.92 bits per heavy atom. The standard InChI is InChI=1S/C18H25N3O3/c1-21-13-15(12-19-7-3-8-22-2)18(20-21)14-5-6-16-17(11-14)24-10-4-9-23-16/h5-6,11,13,19H,3-4,7-10,12H2,1-2H3. The molecule has 0 aliphatic carbocycles. The largest absolute Gasteiger partial charge is 0.490 e. The molecule has 0 saturated heterocycles. The van der Waals surface area contributed by atoms with E-state index in [2.05, 4.69) is 16.6 Å². The molecule has 1 aliphatic heterocycles. The Morgan fingerprint density at radius 1 is 1.25 bits per heavy atom. The maximum atomic E-state index is 5.79. The highest BCUT2D eigenvalue weighted by atomic mass is 16.5. The zero-order valence-corrected chi connectivity index (χ0v) is 14.4. The van der Waals surface area contributed by atoms with E-state index in [4.69, 9.17) is 14.2 Å². The zero-order valence-electron chi connectivity index (χ0n) is 14.4. The molecule has 0 bridgehead atoms. The molecule has 1 N–H and O–H groups in total. The fraction of sp³-hybridized carbons (Fsp3) is 0.500. The van der Waals surface area contributed by atoms with Crippen molar-refractivity contribution in [3.63, 3.8) is 0 Å². The van der Waals surface area contributed by atoms with Gasteiger partial charge in [-0.1, -0.05) is 0 Å². The van der Waals surface area contributed by atoms with Crippen LogP contribution in [0.4, 0.5) is 0 Å². The first-order valence-electron chi connectivity index (χ1n) is 8.40. The van der Waals surface area contributed by atoms with Crippen molar-refractivity contribution in [1.29, 1.82) is 0 Å². The number of ether oxygens (including phenoxy) is 3. The molecule has 0 radical (unpaired) electrons. The van der Waals surface area contributed by atoms with Gasteiger partial charge in [-0.2, -0.15) is 5.10 Å². The van der Waals surface area contributed by atoms with Crippen molar-refractivity contribution < 1.29 is 14.2 Å². The lowest BCUT2D eigenvalue weighted by Gasteiger charge is -2.09. The number of aryl methyl sites for hydroxylation is 1. The van der Waals surface area contributed by atoms with E-state index in [1.807, 2.05) is 29.9 Å². The number of nitrogens with zero attached hydrogens (tertiary/aromatic N) is 2. The lowest BCUT2D eigenvalue weighted by molar-refractivity contribution is 0.194. The fourth-order valence-corrected chi connectivity index (χ4v) is 2.79. The van der Waals surface area contributed by atoms with E-state index in [-0.39, 0.29) is 0 Å².